The van der Waals surface area contributed by atoms with Crippen LogP contribution in [0.4, 0.5) is 0 Å². The first-order valence-corrected chi connectivity index (χ1v) is 3.34. The van der Waals surface area contributed by atoms with Gasteiger partial charge in [-0.05, 0) is 6.42 Å². The standard InChI is InChI=1S/C6H11ClO/c1-2-3-4-6(7)5-8/h5-6H,2-4H2,1H3/t6-/m0/s1. The molecule has 0 amide bonds. The molecule has 0 aromatic carbocycles. The molecule has 0 heterocycles. The fourth-order valence-electron chi connectivity index (χ4n) is 0.467. The van der Waals surface area contributed by atoms with Crippen molar-refractivity contribution >= 4 is 17.9 Å². The van der Waals surface area contributed by atoms with Crippen LogP contribution in [0.2, 0.25) is 0 Å². The Bertz CT molecular complexity index is 63.5. The predicted octanol–water partition coefficient (Wildman–Crippen LogP) is 1.98. The van der Waals surface area contributed by atoms with Crippen molar-refractivity contribution in [1.82, 2.24) is 0 Å². The van der Waals surface area contributed by atoms with Crippen LogP contribution in [-0.4, -0.2) is 11.7 Å². The van der Waals surface area contributed by atoms with Crippen molar-refractivity contribution in [3.05, 3.63) is 0 Å². The molecule has 0 spiro atoms. The Labute approximate surface area is 55.0 Å². The van der Waals surface area contributed by atoms with Crippen LogP contribution < -0.4 is 0 Å². The lowest BCUT2D eigenvalue weighted by molar-refractivity contribution is -0.107. The number of hydrogen-bond donors (Lipinski definition) is 0. The van der Waals surface area contributed by atoms with Gasteiger partial charge in [-0.15, -0.1) is 11.6 Å². The van der Waals surface area contributed by atoms with Gasteiger partial charge in [0.05, 0.1) is 5.38 Å². The third-order valence-electron chi connectivity index (χ3n) is 0.981. The van der Waals surface area contributed by atoms with Crippen molar-refractivity contribution in [1.29, 1.82) is 0 Å². The van der Waals surface area contributed by atoms with Crippen molar-refractivity contribution < 1.29 is 4.79 Å². The molecule has 2 heteroatoms. The Balaban J connectivity index is 2.98. The van der Waals surface area contributed by atoms with Gasteiger partial charge in [0, 0.05) is 0 Å². The Kier molecular flexibility index (Phi) is 5.08. The Morgan fingerprint density at radius 2 is 2.38 bits per heavy atom. The van der Waals surface area contributed by atoms with E-state index in [1.807, 2.05) is 0 Å². The molecular weight excluding hydrogens is 124 g/mol. The summed E-state index contributed by atoms with van der Waals surface area (Å²) in [5.41, 5.74) is 0. The van der Waals surface area contributed by atoms with E-state index in [1.54, 1.807) is 0 Å². The smallest absolute Gasteiger partial charge is 0.137 e. The molecule has 0 N–H and O–H groups in total. The van der Waals surface area contributed by atoms with E-state index in [4.69, 9.17) is 11.6 Å². The van der Waals surface area contributed by atoms with Gasteiger partial charge >= 0.3 is 0 Å². The van der Waals surface area contributed by atoms with Crippen LogP contribution in [0.15, 0.2) is 0 Å². The number of carbonyl (C=O) groups is 1. The highest BCUT2D eigenvalue weighted by Crippen LogP contribution is 2.03. The minimum atomic E-state index is -0.255. The van der Waals surface area contributed by atoms with E-state index in [-0.39, 0.29) is 5.38 Å². The third kappa shape index (κ3) is 4.13. The number of alkyl halides is 1. The van der Waals surface area contributed by atoms with Crippen LogP contribution in [0.5, 0.6) is 0 Å². The lowest BCUT2D eigenvalue weighted by atomic mass is 10.2. The molecule has 0 aliphatic heterocycles. The number of hydrogen-bond acceptors (Lipinski definition) is 1. The molecule has 0 unspecified atom stereocenters. The molecule has 1 nitrogen and oxygen atoms in total. The molecule has 0 saturated heterocycles. The first-order valence-electron chi connectivity index (χ1n) is 2.90. The van der Waals surface area contributed by atoms with Gasteiger partial charge in [0.15, 0.2) is 0 Å². The van der Waals surface area contributed by atoms with Crippen molar-refractivity contribution in [2.24, 2.45) is 0 Å². The molecule has 0 bridgehead atoms. The van der Waals surface area contributed by atoms with Crippen LogP contribution in [0, 0.1) is 0 Å². The number of carbonyl (C=O) groups excluding carboxylic acids is 1. The fraction of sp³-hybridized carbons (Fsp3) is 0.833. The van der Waals surface area contributed by atoms with Crippen LogP contribution in [0.25, 0.3) is 0 Å². The summed E-state index contributed by atoms with van der Waals surface area (Å²) in [6, 6.07) is 0. The molecule has 0 rings (SSSR count). The van der Waals surface area contributed by atoms with Gasteiger partial charge in [0.1, 0.15) is 6.29 Å². The summed E-state index contributed by atoms with van der Waals surface area (Å²) >= 11 is 5.48. The summed E-state index contributed by atoms with van der Waals surface area (Å²) in [5, 5.41) is -0.255. The SMILES string of the molecule is CCCC[C@H](Cl)C=O. The zero-order chi connectivity index (χ0) is 6.41. The van der Waals surface area contributed by atoms with E-state index in [9.17, 15) is 4.79 Å². The molecule has 8 heavy (non-hydrogen) atoms. The lowest BCUT2D eigenvalue weighted by Gasteiger charge is -1.95. The van der Waals surface area contributed by atoms with E-state index in [2.05, 4.69) is 6.92 Å². The van der Waals surface area contributed by atoms with Gasteiger partial charge < -0.3 is 4.79 Å². The van der Waals surface area contributed by atoms with Gasteiger partial charge in [-0.3, -0.25) is 0 Å². The normalized spacial score (nSPS) is 13.2. The van der Waals surface area contributed by atoms with E-state index >= 15 is 0 Å². The zero-order valence-electron chi connectivity index (χ0n) is 5.06. The summed E-state index contributed by atoms with van der Waals surface area (Å²) in [6.07, 6.45) is 3.77. The summed E-state index contributed by atoms with van der Waals surface area (Å²) in [4.78, 5) is 9.88. The molecule has 1 atom stereocenters. The maximum absolute atomic E-state index is 9.88. The van der Waals surface area contributed by atoms with Crippen LogP contribution >= 0.6 is 11.6 Å². The largest absolute Gasteiger partial charge is 0.302 e. The summed E-state index contributed by atoms with van der Waals surface area (Å²) < 4.78 is 0. The molecule has 0 aromatic heterocycles. The van der Waals surface area contributed by atoms with Crippen molar-refractivity contribution in [3.8, 4) is 0 Å². The first kappa shape index (κ1) is 7.96. The highest BCUT2D eigenvalue weighted by Gasteiger charge is 1.98. The second-order valence-electron chi connectivity index (χ2n) is 1.79. The van der Waals surface area contributed by atoms with Gasteiger partial charge in [-0.2, -0.15) is 0 Å². The van der Waals surface area contributed by atoms with Crippen LogP contribution in [0.3, 0.4) is 0 Å². The minimum absolute atomic E-state index is 0.255. The second kappa shape index (κ2) is 5.10. The Hall–Kier alpha value is -0.0400. The van der Waals surface area contributed by atoms with Gasteiger partial charge in [0.25, 0.3) is 0 Å². The average molecular weight is 135 g/mol. The average Bonchev–Trinajstić information content (AvgIpc) is 1.83. The fourth-order valence-corrected chi connectivity index (χ4v) is 0.621. The quantitative estimate of drug-likeness (QED) is 0.425. The third-order valence-corrected chi connectivity index (χ3v) is 1.30. The maximum Gasteiger partial charge on any atom is 0.137 e. The topological polar surface area (TPSA) is 17.1 Å². The summed E-state index contributed by atoms with van der Waals surface area (Å²) in [6.45, 7) is 2.08. The molecule has 0 saturated carbocycles. The summed E-state index contributed by atoms with van der Waals surface area (Å²) in [5.74, 6) is 0. The monoisotopic (exact) mass is 134 g/mol. The second-order valence-corrected chi connectivity index (χ2v) is 2.35. The van der Waals surface area contributed by atoms with Crippen molar-refractivity contribution in [2.45, 2.75) is 31.6 Å². The van der Waals surface area contributed by atoms with Crippen molar-refractivity contribution in [3.63, 3.8) is 0 Å². The van der Waals surface area contributed by atoms with Crippen LogP contribution in [-0.2, 0) is 4.79 Å². The lowest BCUT2D eigenvalue weighted by Crippen LogP contribution is -1.97. The molecule has 0 aliphatic rings. The molecule has 0 fully saturated rings. The highest BCUT2D eigenvalue weighted by molar-refractivity contribution is 6.27. The Morgan fingerprint density at radius 3 is 2.75 bits per heavy atom. The summed E-state index contributed by atoms with van der Waals surface area (Å²) in [7, 11) is 0. The first-order chi connectivity index (χ1) is 3.81. The van der Waals surface area contributed by atoms with E-state index in [1.165, 1.54) is 0 Å². The molecule has 0 radical (unpaired) electrons. The molecule has 0 aromatic rings. The van der Waals surface area contributed by atoms with E-state index in [0.717, 1.165) is 25.5 Å². The maximum atomic E-state index is 9.88. The predicted molar refractivity (Wildman–Crippen MR) is 35.2 cm³/mol. The number of unbranched alkanes of at least 4 members (excludes halogenated alkanes) is 1. The van der Waals surface area contributed by atoms with Gasteiger partial charge in [0.2, 0.25) is 0 Å². The zero-order valence-corrected chi connectivity index (χ0v) is 5.82. The molecule has 0 aliphatic carbocycles. The van der Waals surface area contributed by atoms with Crippen LogP contribution in [0.1, 0.15) is 26.2 Å². The highest BCUT2D eigenvalue weighted by atomic mass is 35.5. The number of aldehydes is 1. The van der Waals surface area contributed by atoms with Crippen molar-refractivity contribution in [2.75, 3.05) is 0 Å². The Morgan fingerprint density at radius 1 is 1.75 bits per heavy atom. The molecule has 48 valence electrons. The van der Waals surface area contributed by atoms with E-state index < -0.39 is 0 Å². The van der Waals surface area contributed by atoms with Gasteiger partial charge in [-0.25, -0.2) is 0 Å². The minimum Gasteiger partial charge on any atom is -0.302 e. The molecular formula is C6H11ClO. The number of halogens is 1. The van der Waals surface area contributed by atoms with E-state index in [0.29, 0.717) is 0 Å². The van der Waals surface area contributed by atoms with Gasteiger partial charge in [-0.1, -0.05) is 19.8 Å². The number of rotatable bonds is 4.